The van der Waals surface area contributed by atoms with Crippen molar-refractivity contribution in [3.05, 3.63) is 41.0 Å². The second-order valence-electron chi connectivity index (χ2n) is 4.23. The van der Waals surface area contributed by atoms with E-state index in [1.807, 2.05) is 19.9 Å². The van der Waals surface area contributed by atoms with E-state index in [9.17, 15) is 4.79 Å². The van der Waals surface area contributed by atoms with Gasteiger partial charge in [0.05, 0.1) is 11.6 Å². The van der Waals surface area contributed by atoms with E-state index in [2.05, 4.69) is 6.07 Å². The van der Waals surface area contributed by atoms with E-state index < -0.39 is 0 Å². The lowest BCUT2D eigenvalue weighted by atomic mass is 9.94. The number of carbonyl (C=O) groups excluding carboxylic acids is 1. The second kappa shape index (κ2) is 5.31. The highest BCUT2D eigenvalue weighted by Gasteiger charge is 2.14. The summed E-state index contributed by atoms with van der Waals surface area (Å²) in [6.45, 7) is 5.37. The van der Waals surface area contributed by atoms with Gasteiger partial charge in [-0.2, -0.15) is 5.26 Å². The predicted octanol–water partition coefficient (Wildman–Crippen LogP) is 2.72. The maximum absolute atomic E-state index is 11.6. The third kappa shape index (κ3) is 2.94. The van der Waals surface area contributed by atoms with Gasteiger partial charge in [-0.05, 0) is 30.5 Å². The van der Waals surface area contributed by atoms with Crippen LogP contribution in [-0.2, 0) is 4.79 Å². The Morgan fingerprint density at radius 3 is 2.59 bits per heavy atom. The third-order valence-electron chi connectivity index (χ3n) is 2.55. The predicted molar refractivity (Wildman–Crippen MR) is 69.9 cm³/mol. The minimum Gasteiger partial charge on any atom is -0.398 e. The quantitative estimate of drug-likeness (QED) is 0.812. The first kappa shape index (κ1) is 13.0. The number of ketones is 1. The number of benzene rings is 1. The summed E-state index contributed by atoms with van der Waals surface area (Å²) in [6.07, 6.45) is 0. The van der Waals surface area contributed by atoms with E-state index in [1.54, 1.807) is 18.2 Å². The van der Waals surface area contributed by atoms with Crippen molar-refractivity contribution in [2.45, 2.75) is 20.8 Å². The zero-order valence-electron chi connectivity index (χ0n) is 10.3. The number of Topliss-reactive ketones (excluding diaryl/α,β-unsaturated/α-hetero) is 1. The molecule has 0 heterocycles. The van der Waals surface area contributed by atoms with Crippen molar-refractivity contribution in [2.75, 3.05) is 0 Å². The molecule has 0 saturated carbocycles. The molecule has 0 atom stereocenters. The molecule has 0 aliphatic heterocycles. The van der Waals surface area contributed by atoms with Crippen molar-refractivity contribution < 1.29 is 6.22 Å². The zero-order chi connectivity index (χ0) is 13.0. The Labute approximate surface area is 103 Å². The number of carbonyl (C=O) groups is 1. The summed E-state index contributed by atoms with van der Waals surface area (Å²) in [4.78, 5) is 11.6. The van der Waals surface area contributed by atoms with Crippen molar-refractivity contribution in [3.63, 3.8) is 0 Å². The Bertz CT molecular complexity index is 513. The van der Waals surface area contributed by atoms with Gasteiger partial charge in [0.25, 0.3) is 0 Å². The molecule has 0 unspecified atom stereocenters. The monoisotopic (exact) mass is 230 g/mol. The number of hydrogen-bond donors (Lipinski definition) is 1. The van der Waals surface area contributed by atoms with Crippen LogP contribution in [0.1, 0.15) is 33.3 Å². The minimum atomic E-state index is -0.0279. The van der Waals surface area contributed by atoms with Crippen LogP contribution in [0.5, 0.6) is 0 Å². The second-order valence-corrected chi connectivity index (χ2v) is 4.23. The number of hydrogen-bond acceptors (Lipinski definition) is 3. The summed E-state index contributed by atoms with van der Waals surface area (Å²) in [5.41, 5.74) is 8.35. The molecule has 1 aromatic rings. The lowest BCUT2D eigenvalue weighted by Gasteiger charge is -2.13. The van der Waals surface area contributed by atoms with Crippen molar-refractivity contribution in [1.82, 2.24) is 0 Å². The average Bonchev–Trinajstić information content (AvgIpc) is 2.28. The minimum absolute atomic E-state index is 0. The molecule has 1 aromatic carbocycles. The molecule has 0 amide bonds. The smallest absolute Gasteiger partial charge is 0.158 e. The first-order valence-electron chi connectivity index (χ1n) is 5.48. The van der Waals surface area contributed by atoms with Gasteiger partial charge < -0.3 is 5.73 Å². The van der Waals surface area contributed by atoms with Crippen LogP contribution in [0, 0.1) is 17.2 Å². The topological polar surface area (TPSA) is 66.9 Å². The Morgan fingerprint density at radius 1 is 1.47 bits per heavy atom. The fraction of sp³-hybridized carbons (Fsp3) is 0.286. The summed E-state index contributed by atoms with van der Waals surface area (Å²) >= 11 is 0. The molecule has 0 spiro atoms. The summed E-state index contributed by atoms with van der Waals surface area (Å²) < 4.78 is 0. The van der Waals surface area contributed by atoms with Crippen LogP contribution in [0.4, 0.5) is 0 Å². The summed E-state index contributed by atoms with van der Waals surface area (Å²) in [7, 11) is 0. The van der Waals surface area contributed by atoms with Crippen LogP contribution in [0.3, 0.4) is 0 Å². The normalized spacial score (nSPS) is 11.9. The van der Waals surface area contributed by atoms with Crippen molar-refractivity contribution in [2.24, 2.45) is 11.7 Å². The van der Waals surface area contributed by atoms with E-state index >= 15 is 0 Å². The lowest BCUT2D eigenvalue weighted by molar-refractivity contribution is -0.113. The Kier molecular flexibility index (Phi) is 4.06. The van der Waals surface area contributed by atoms with Crippen LogP contribution >= 0.6 is 0 Å². The van der Waals surface area contributed by atoms with Gasteiger partial charge in [-0.15, -0.1) is 0 Å². The largest absolute Gasteiger partial charge is 0.398 e. The molecule has 3 nitrogen and oxygen atoms in total. The van der Waals surface area contributed by atoms with Gasteiger partial charge in [-0.1, -0.05) is 26.0 Å². The number of rotatable bonds is 3. The van der Waals surface area contributed by atoms with Crippen molar-refractivity contribution in [3.8, 4) is 6.07 Å². The van der Waals surface area contributed by atoms with Crippen LogP contribution < -0.4 is 5.73 Å². The molecule has 2 N–H and O–H groups in total. The molecule has 0 aliphatic carbocycles. The van der Waals surface area contributed by atoms with E-state index in [0.717, 1.165) is 5.56 Å². The molecule has 0 aliphatic rings. The molecule has 0 aromatic heterocycles. The molecule has 17 heavy (non-hydrogen) atoms. The molecule has 0 radical (unpaired) electrons. The molecule has 0 saturated heterocycles. The summed E-state index contributed by atoms with van der Waals surface area (Å²) in [5, 5.41) is 8.83. The van der Waals surface area contributed by atoms with E-state index in [4.69, 9.17) is 11.0 Å². The van der Waals surface area contributed by atoms with E-state index in [-0.39, 0.29) is 13.1 Å². The molecule has 90 valence electrons. The van der Waals surface area contributed by atoms with E-state index in [1.165, 1.54) is 6.92 Å². The van der Waals surface area contributed by atoms with Crippen LogP contribution in [0.25, 0.3) is 5.70 Å². The van der Waals surface area contributed by atoms with Crippen LogP contribution in [-0.4, -0.2) is 5.78 Å². The van der Waals surface area contributed by atoms with Gasteiger partial charge >= 0.3 is 0 Å². The zero-order valence-corrected chi connectivity index (χ0v) is 10.3. The Balaban J connectivity index is 0.00000289. The van der Waals surface area contributed by atoms with E-state index in [0.29, 0.717) is 16.8 Å². The van der Waals surface area contributed by atoms with Crippen molar-refractivity contribution in [1.29, 1.82) is 5.26 Å². The lowest BCUT2D eigenvalue weighted by Crippen LogP contribution is -2.12. The average molecular weight is 230 g/mol. The molecule has 3 heteroatoms. The summed E-state index contributed by atoms with van der Waals surface area (Å²) in [5.74, 6) is 0.0399. The highest BCUT2D eigenvalue weighted by molar-refractivity contribution is 6.00. The number of nitrogens with two attached hydrogens (primary N) is 1. The van der Waals surface area contributed by atoms with Gasteiger partial charge in [0.2, 0.25) is 0 Å². The van der Waals surface area contributed by atoms with Gasteiger partial charge in [0.15, 0.2) is 5.78 Å². The Hall–Kier alpha value is -2.08. The summed E-state index contributed by atoms with van der Waals surface area (Å²) in [6, 6.07) is 9.03. The van der Waals surface area contributed by atoms with Gasteiger partial charge in [-0.25, -0.2) is 0 Å². The molecule has 0 bridgehead atoms. The van der Waals surface area contributed by atoms with Gasteiger partial charge in [0, 0.05) is 12.7 Å². The maximum Gasteiger partial charge on any atom is 0.158 e. The number of nitrogens with zero attached hydrogens (tertiary/aromatic N) is 1. The first-order valence-corrected chi connectivity index (χ1v) is 5.48. The molecule has 1 rings (SSSR count). The van der Waals surface area contributed by atoms with Gasteiger partial charge in [-0.3, -0.25) is 4.79 Å². The fourth-order valence-corrected chi connectivity index (χ4v) is 1.82. The molecular formula is C14H18N2O. The Morgan fingerprint density at radius 2 is 2.12 bits per heavy atom. The first-order chi connectivity index (χ1) is 7.97. The van der Waals surface area contributed by atoms with Crippen LogP contribution in [0.2, 0.25) is 0 Å². The standard InChI is InChI=1S/C14H16N2O.H2/c1-9(2)13(10(3)17)14(16)12-6-4-5-11(7-12)8-15;/h4-7,9H,16H2,1-3H3;1H/b14-13-;. The molecular weight excluding hydrogens is 212 g/mol. The third-order valence-corrected chi connectivity index (χ3v) is 2.55. The van der Waals surface area contributed by atoms with Gasteiger partial charge in [0.1, 0.15) is 0 Å². The highest BCUT2D eigenvalue weighted by Crippen LogP contribution is 2.21. The highest BCUT2D eigenvalue weighted by atomic mass is 16.1. The molecule has 0 fully saturated rings. The maximum atomic E-state index is 11.6. The SMILES string of the molecule is CC(=O)/C(=C(\N)c1cccc(C#N)c1)C(C)C.[HH]. The fourth-order valence-electron chi connectivity index (χ4n) is 1.82. The number of allylic oxidation sites excluding steroid dienone is 1. The number of nitriles is 1. The van der Waals surface area contributed by atoms with Crippen molar-refractivity contribution >= 4 is 11.5 Å². The van der Waals surface area contributed by atoms with Crippen LogP contribution in [0.15, 0.2) is 29.8 Å².